The number of hydrogen-bond acceptors (Lipinski definition) is 7. The maximum Gasteiger partial charge on any atom is 0.177 e. The minimum Gasteiger partial charge on any atom is -0.388 e. The number of fused-ring (bicyclic) bond motifs is 1. The van der Waals surface area contributed by atoms with E-state index in [1.54, 1.807) is 16.8 Å². The van der Waals surface area contributed by atoms with Crippen molar-refractivity contribution in [3.63, 3.8) is 0 Å². The lowest BCUT2D eigenvalue weighted by atomic mass is 10.3. The van der Waals surface area contributed by atoms with Gasteiger partial charge in [-0.15, -0.1) is 0 Å². The lowest BCUT2D eigenvalue weighted by Gasteiger charge is -2.27. The summed E-state index contributed by atoms with van der Waals surface area (Å²) in [6.45, 7) is 1.70. The van der Waals surface area contributed by atoms with Crippen molar-refractivity contribution >= 4 is 15.7 Å². The van der Waals surface area contributed by atoms with Gasteiger partial charge in [-0.1, -0.05) is 0 Å². The van der Waals surface area contributed by atoms with Crippen LogP contribution in [0, 0.1) is 0 Å². The second kappa shape index (κ2) is 5.08. The van der Waals surface area contributed by atoms with Gasteiger partial charge in [0.05, 0.1) is 18.0 Å². The number of rotatable bonds is 3. The van der Waals surface area contributed by atoms with E-state index >= 15 is 0 Å². The standard InChI is InChI=1S/C12H15N5O3S/c1-21(19,20)9-2-3-11(13-6-9)16-4-5-17-12(7-16)14-10(8-18)15-17/h2-3,6,18H,4-5,7-8H2,1H3. The zero-order valence-electron chi connectivity index (χ0n) is 11.5. The Kier molecular flexibility index (Phi) is 3.38. The number of aromatic nitrogens is 4. The van der Waals surface area contributed by atoms with E-state index in [9.17, 15) is 8.42 Å². The molecular formula is C12H15N5O3S. The lowest BCUT2D eigenvalue weighted by molar-refractivity contribution is 0.270. The largest absolute Gasteiger partial charge is 0.388 e. The van der Waals surface area contributed by atoms with Crippen molar-refractivity contribution < 1.29 is 13.5 Å². The molecule has 1 aliphatic rings. The molecule has 0 saturated carbocycles. The van der Waals surface area contributed by atoms with Crippen molar-refractivity contribution in [1.29, 1.82) is 0 Å². The highest BCUT2D eigenvalue weighted by Crippen LogP contribution is 2.19. The van der Waals surface area contributed by atoms with E-state index in [4.69, 9.17) is 5.11 Å². The van der Waals surface area contributed by atoms with Gasteiger partial charge >= 0.3 is 0 Å². The zero-order valence-corrected chi connectivity index (χ0v) is 12.3. The van der Waals surface area contributed by atoms with E-state index in [2.05, 4.69) is 15.1 Å². The molecule has 0 saturated heterocycles. The highest BCUT2D eigenvalue weighted by molar-refractivity contribution is 7.90. The molecule has 0 amide bonds. The first kappa shape index (κ1) is 14.0. The van der Waals surface area contributed by atoms with Crippen LogP contribution in [0.2, 0.25) is 0 Å². The SMILES string of the molecule is CS(=O)(=O)c1ccc(N2CCn3nc(CO)nc3C2)nc1. The number of nitrogens with zero attached hydrogens (tertiary/aromatic N) is 5. The Morgan fingerprint density at radius 2 is 2.14 bits per heavy atom. The first-order valence-corrected chi connectivity index (χ1v) is 8.31. The molecule has 1 N–H and O–H groups in total. The minimum atomic E-state index is -3.23. The van der Waals surface area contributed by atoms with Gasteiger partial charge in [0.25, 0.3) is 0 Å². The first-order chi connectivity index (χ1) is 9.97. The predicted molar refractivity (Wildman–Crippen MR) is 74.3 cm³/mol. The second-order valence-corrected chi connectivity index (χ2v) is 6.89. The van der Waals surface area contributed by atoms with E-state index < -0.39 is 9.84 Å². The minimum absolute atomic E-state index is 0.179. The summed E-state index contributed by atoms with van der Waals surface area (Å²) in [5.74, 6) is 1.87. The Morgan fingerprint density at radius 3 is 2.76 bits per heavy atom. The summed E-state index contributed by atoms with van der Waals surface area (Å²) in [5, 5.41) is 13.2. The van der Waals surface area contributed by atoms with Crippen molar-refractivity contribution in [2.24, 2.45) is 0 Å². The van der Waals surface area contributed by atoms with E-state index in [1.807, 2.05) is 4.90 Å². The van der Waals surface area contributed by atoms with Gasteiger partial charge in [-0.05, 0) is 12.1 Å². The van der Waals surface area contributed by atoms with Crippen molar-refractivity contribution in [1.82, 2.24) is 19.7 Å². The van der Waals surface area contributed by atoms with Crippen molar-refractivity contribution in [2.45, 2.75) is 24.6 Å². The number of anilines is 1. The number of sulfone groups is 1. The molecule has 0 bridgehead atoms. The molecule has 1 aliphatic heterocycles. The summed E-state index contributed by atoms with van der Waals surface area (Å²) >= 11 is 0. The maximum atomic E-state index is 11.4. The van der Waals surface area contributed by atoms with E-state index in [0.29, 0.717) is 31.3 Å². The van der Waals surface area contributed by atoms with Gasteiger partial charge in [0.15, 0.2) is 15.7 Å². The van der Waals surface area contributed by atoms with E-state index in [0.717, 1.165) is 12.1 Å². The molecule has 0 unspecified atom stereocenters. The first-order valence-electron chi connectivity index (χ1n) is 6.42. The topological polar surface area (TPSA) is 101 Å². The van der Waals surface area contributed by atoms with Gasteiger partial charge < -0.3 is 10.0 Å². The van der Waals surface area contributed by atoms with Gasteiger partial charge in [0, 0.05) is 19.0 Å². The molecule has 9 heteroatoms. The van der Waals surface area contributed by atoms with Gasteiger partial charge in [-0.2, -0.15) is 5.10 Å². The molecule has 21 heavy (non-hydrogen) atoms. The molecule has 0 atom stereocenters. The molecule has 0 aliphatic carbocycles. The molecule has 3 rings (SSSR count). The maximum absolute atomic E-state index is 11.4. The normalized spacial score (nSPS) is 15.0. The van der Waals surface area contributed by atoms with Gasteiger partial charge in [0.2, 0.25) is 0 Å². The van der Waals surface area contributed by atoms with Gasteiger partial charge in [0.1, 0.15) is 18.2 Å². The van der Waals surface area contributed by atoms with Crippen LogP contribution >= 0.6 is 0 Å². The van der Waals surface area contributed by atoms with E-state index in [1.165, 1.54) is 6.20 Å². The van der Waals surface area contributed by atoms with Crippen LogP contribution in [0.3, 0.4) is 0 Å². The molecule has 0 fully saturated rings. The Bertz CT molecular complexity index is 754. The quantitative estimate of drug-likeness (QED) is 0.822. The van der Waals surface area contributed by atoms with Crippen LogP contribution in [0.25, 0.3) is 0 Å². The molecule has 0 spiro atoms. The monoisotopic (exact) mass is 309 g/mol. The highest BCUT2D eigenvalue weighted by atomic mass is 32.2. The zero-order chi connectivity index (χ0) is 15.0. The summed E-state index contributed by atoms with van der Waals surface area (Å²) < 4.78 is 24.6. The smallest absolute Gasteiger partial charge is 0.177 e. The van der Waals surface area contributed by atoms with Crippen LogP contribution in [0.4, 0.5) is 5.82 Å². The Labute approximate surface area is 122 Å². The van der Waals surface area contributed by atoms with Crippen LogP contribution in [-0.4, -0.2) is 46.1 Å². The molecule has 0 radical (unpaired) electrons. The van der Waals surface area contributed by atoms with Crippen LogP contribution in [0.5, 0.6) is 0 Å². The Morgan fingerprint density at radius 1 is 1.33 bits per heavy atom. The van der Waals surface area contributed by atoms with E-state index in [-0.39, 0.29) is 11.5 Å². The molecular weight excluding hydrogens is 294 g/mol. The predicted octanol–water partition coefficient (Wildman–Crippen LogP) is -0.411. The molecule has 3 heterocycles. The third kappa shape index (κ3) is 2.74. The second-order valence-electron chi connectivity index (χ2n) is 4.87. The highest BCUT2D eigenvalue weighted by Gasteiger charge is 2.21. The van der Waals surface area contributed by atoms with Crippen LogP contribution in [-0.2, 0) is 29.5 Å². The number of aliphatic hydroxyl groups excluding tert-OH is 1. The molecule has 0 aromatic carbocycles. The summed E-state index contributed by atoms with van der Waals surface area (Å²) in [6, 6.07) is 3.24. The number of aliphatic hydroxyl groups is 1. The Hall–Kier alpha value is -2.00. The summed E-state index contributed by atoms with van der Waals surface area (Å²) in [5.41, 5.74) is 0. The van der Waals surface area contributed by atoms with Crippen LogP contribution < -0.4 is 4.90 Å². The Balaban J connectivity index is 1.82. The number of pyridine rings is 1. The average molecular weight is 309 g/mol. The fourth-order valence-electron chi connectivity index (χ4n) is 2.23. The molecule has 2 aromatic rings. The summed E-state index contributed by atoms with van der Waals surface area (Å²) in [7, 11) is -3.23. The fourth-order valence-corrected chi connectivity index (χ4v) is 2.79. The number of hydrogen-bond donors (Lipinski definition) is 1. The molecule has 112 valence electrons. The molecule has 2 aromatic heterocycles. The van der Waals surface area contributed by atoms with Crippen molar-refractivity contribution in [3.05, 3.63) is 30.0 Å². The van der Waals surface area contributed by atoms with Gasteiger partial charge in [-0.25, -0.2) is 23.1 Å². The van der Waals surface area contributed by atoms with Crippen LogP contribution in [0.1, 0.15) is 11.6 Å². The summed E-state index contributed by atoms with van der Waals surface area (Å²) in [6.07, 6.45) is 2.52. The van der Waals surface area contributed by atoms with Gasteiger partial charge in [-0.3, -0.25) is 0 Å². The lowest BCUT2D eigenvalue weighted by Crippen LogP contribution is -2.34. The molecule has 8 nitrogen and oxygen atoms in total. The third-order valence-corrected chi connectivity index (χ3v) is 4.42. The average Bonchev–Trinajstić information content (AvgIpc) is 2.88. The summed E-state index contributed by atoms with van der Waals surface area (Å²) in [4.78, 5) is 10.6. The third-order valence-electron chi connectivity index (χ3n) is 3.32. The van der Waals surface area contributed by atoms with Crippen LogP contribution in [0.15, 0.2) is 23.2 Å². The fraction of sp³-hybridized carbons (Fsp3) is 0.417. The van der Waals surface area contributed by atoms with Crippen molar-refractivity contribution in [2.75, 3.05) is 17.7 Å². The van der Waals surface area contributed by atoms with Crippen molar-refractivity contribution in [3.8, 4) is 0 Å².